The quantitative estimate of drug-likeness (QED) is 0.506. The van der Waals surface area contributed by atoms with Crippen LogP contribution in [0.3, 0.4) is 0 Å². The highest BCUT2D eigenvalue weighted by Gasteiger charge is 2.22. The van der Waals surface area contributed by atoms with Gasteiger partial charge in [0, 0.05) is 38.8 Å². The van der Waals surface area contributed by atoms with Crippen molar-refractivity contribution in [2.24, 2.45) is 7.05 Å². The number of aromatic nitrogens is 6. The fourth-order valence-corrected chi connectivity index (χ4v) is 4.04. The van der Waals surface area contributed by atoms with Gasteiger partial charge in [-0.1, -0.05) is 11.8 Å². The first kappa shape index (κ1) is 21.0. The van der Waals surface area contributed by atoms with Gasteiger partial charge in [0.1, 0.15) is 5.75 Å². The van der Waals surface area contributed by atoms with Crippen LogP contribution in [0.15, 0.2) is 41.6 Å². The molecular weight excluding hydrogens is 416 g/mol. The maximum absolute atomic E-state index is 12.5. The van der Waals surface area contributed by atoms with Crippen molar-refractivity contribution in [3.05, 3.63) is 36.4 Å². The summed E-state index contributed by atoms with van der Waals surface area (Å²) in [6, 6.07) is 11.8. The van der Waals surface area contributed by atoms with E-state index in [2.05, 4.69) is 30.6 Å². The van der Waals surface area contributed by atoms with Crippen molar-refractivity contribution in [3.63, 3.8) is 0 Å². The van der Waals surface area contributed by atoms with E-state index in [-0.39, 0.29) is 5.91 Å². The Bertz CT molecular complexity index is 1000. The highest BCUT2D eigenvalue weighted by Crippen LogP contribution is 2.22. The van der Waals surface area contributed by atoms with E-state index >= 15 is 0 Å². The summed E-state index contributed by atoms with van der Waals surface area (Å²) in [5.41, 5.74) is 1.81. The Hall–Kier alpha value is -3.21. The fraction of sp³-hybridized carbons (Fsp3) is 0.400. The van der Waals surface area contributed by atoms with E-state index in [4.69, 9.17) is 4.74 Å². The molecule has 31 heavy (non-hydrogen) atoms. The summed E-state index contributed by atoms with van der Waals surface area (Å²) in [5, 5.41) is 20.7. The van der Waals surface area contributed by atoms with Gasteiger partial charge in [0.2, 0.25) is 11.1 Å². The summed E-state index contributed by atoms with van der Waals surface area (Å²) >= 11 is 1.35. The molecule has 0 spiro atoms. The number of rotatable bonds is 7. The van der Waals surface area contributed by atoms with Gasteiger partial charge in [-0.3, -0.25) is 4.79 Å². The van der Waals surface area contributed by atoms with Gasteiger partial charge in [-0.05, 0) is 53.7 Å². The van der Waals surface area contributed by atoms with Crippen LogP contribution in [0.4, 0.5) is 5.82 Å². The topological polar surface area (TPSA) is 102 Å². The average Bonchev–Trinajstić information content (AvgIpc) is 3.23. The molecule has 0 bridgehead atoms. The van der Waals surface area contributed by atoms with Crippen LogP contribution < -0.4 is 9.64 Å². The second kappa shape index (κ2) is 9.73. The number of aryl methyl sites for hydroxylation is 1. The maximum atomic E-state index is 12.5. The van der Waals surface area contributed by atoms with E-state index < -0.39 is 0 Å². The number of tetrazole rings is 1. The van der Waals surface area contributed by atoms with Crippen molar-refractivity contribution in [2.45, 2.75) is 12.1 Å². The number of benzene rings is 1. The first-order chi connectivity index (χ1) is 15.1. The standard InChI is InChI=1S/C20H24N8O2S/c1-3-30-16-6-4-15(5-7-16)17-8-9-18(22-21-17)27-10-12-28(13-11-27)19(29)14-31-20-23-24-25-26(20)2/h4-9H,3,10-14H2,1-2H3. The van der Waals surface area contributed by atoms with Crippen molar-refractivity contribution < 1.29 is 9.53 Å². The molecule has 4 rings (SSSR count). The van der Waals surface area contributed by atoms with Gasteiger partial charge in [-0.2, -0.15) is 0 Å². The van der Waals surface area contributed by atoms with Crippen LogP contribution in [0.5, 0.6) is 5.75 Å². The molecule has 3 heterocycles. The first-order valence-electron chi connectivity index (χ1n) is 10.1. The third-order valence-corrected chi connectivity index (χ3v) is 5.97. The normalized spacial score (nSPS) is 14.0. The zero-order chi connectivity index (χ0) is 21.6. The van der Waals surface area contributed by atoms with Crippen molar-refractivity contribution in [3.8, 4) is 17.0 Å². The Kier molecular flexibility index (Phi) is 6.60. The smallest absolute Gasteiger partial charge is 0.233 e. The summed E-state index contributed by atoms with van der Waals surface area (Å²) < 4.78 is 7.04. The monoisotopic (exact) mass is 440 g/mol. The Balaban J connectivity index is 1.29. The zero-order valence-corrected chi connectivity index (χ0v) is 18.3. The van der Waals surface area contributed by atoms with Crippen LogP contribution in [0.1, 0.15) is 6.92 Å². The Morgan fingerprint density at radius 2 is 1.81 bits per heavy atom. The summed E-state index contributed by atoms with van der Waals surface area (Å²) in [4.78, 5) is 16.5. The molecule has 1 aromatic carbocycles. The van der Waals surface area contributed by atoms with E-state index in [1.165, 1.54) is 11.8 Å². The molecule has 1 saturated heterocycles. The number of anilines is 1. The second-order valence-corrected chi connectivity index (χ2v) is 7.92. The molecule has 0 unspecified atom stereocenters. The molecule has 2 aromatic heterocycles. The maximum Gasteiger partial charge on any atom is 0.233 e. The van der Waals surface area contributed by atoms with E-state index in [1.807, 2.05) is 48.2 Å². The molecule has 162 valence electrons. The average molecular weight is 441 g/mol. The molecule has 0 saturated carbocycles. The summed E-state index contributed by atoms with van der Waals surface area (Å²) in [7, 11) is 1.76. The Labute approximate surface area is 184 Å². The molecule has 3 aromatic rings. The number of carbonyl (C=O) groups is 1. The predicted molar refractivity (Wildman–Crippen MR) is 117 cm³/mol. The first-order valence-corrected chi connectivity index (χ1v) is 11.1. The zero-order valence-electron chi connectivity index (χ0n) is 17.5. The van der Waals surface area contributed by atoms with Crippen molar-refractivity contribution >= 4 is 23.5 Å². The minimum Gasteiger partial charge on any atom is -0.494 e. The molecule has 0 radical (unpaired) electrons. The van der Waals surface area contributed by atoms with Gasteiger partial charge in [0.15, 0.2) is 5.82 Å². The van der Waals surface area contributed by atoms with Crippen molar-refractivity contribution in [2.75, 3.05) is 43.4 Å². The molecule has 1 aliphatic heterocycles. The fourth-order valence-electron chi connectivity index (χ4n) is 3.28. The lowest BCUT2D eigenvalue weighted by atomic mass is 10.1. The van der Waals surface area contributed by atoms with Crippen molar-refractivity contribution in [1.29, 1.82) is 0 Å². The van der Waals surface area contributed by atoms with Crippen LogP contribution in [0.25, 0.3) is 11.3 Å². The summed E-state index contributed by atoms with van der Waals surface area (Å²) in [6.45, 7) is 5.35. The number of thioether (sulfide) groups is 1. The van der Waals surface area contributed by atoms with E-state index in [0.717, 1.165) is 35.9 Å². The van der Waals surface area contributed by atoms with Gasteiger partial charge in [-0.25, -0.2) is 4.68 Å². The third kappa shape index (κ3) is 5.10. The van der Waals surface area contributed by atoms with Crippen LogP contribution in [-0.2, 0) is 11.8 Å². The summed E-state index contributed by atoms with van der Waals surface area (Å²) in [6.07, 6.45) is 0. The lowest BCUT2D eigenvalue weighted by molar-refractivity contribution is -0.128. The minimum atomic E-state index is 0.0876. The third-order valence-electron chi connectivity index (χ3n) is 4.97. The van der Waals surface area contributed by atoms with Gasteiger partial charge >= 0.3 is 0 Å². The Morgan fingerprint density at radius 3 is 2.42 bits per heavy atom. The summed E-state index contributed by atoms with van der Waals surface area (Å²) in [5.74, 6) is 2.07. The predicted octanol–water partition coefficient (Wildman–Crippen LogP) is 1.51. The lowest BCUT2D eigenvalue weighted by Crippen LogP contribution is -2.49. The van der Waals surface area contributed by atoms with Gasteiger partial charge in [0.25, 0.3) is 0 Å². The van der Waals surface area contributed by atoms with Crippen LogP contribution >= 0.6 is 11.8 Å². The highest BCUT2D eigenvalue weighted by molar-refractivity contribution is 7.99. The van der Waals surface area contributed by atoms with Gasteiger partial charge in [0.05, 0.1) is 18.1 Å². The molecule has 1 amide bonds. The number of ether oxygens (including phenoxy) is 1. The number of hydrogen-bond donors (Lipinski definition) is 0. The van der Waals surface area contributed by atoms with Crippen LogP contribution in [0.2, 0.25) is 0 Å². The van der Waals surface area contributed by atoms with Crippen LogP contribution in [-0.4, -0.2) is 79.8 Å². The lowest BCUT2D eigenvalue weighted by Gasteiger charge is -2.35. The molecule has 1 aliphatic rings. The second-order valence-electron chi connectivity index (χ2n) is 6.98. The minimum absolute atomic E-state index is 0.0876. The molecule has 10 nitrogen and oxygen atoms in total. The van der Waals surface area contributed by atoms with Gasteiger partial charge < -0.3 is 14.5 Å². The van der Waals surface area contributed by atoms with Crippen molar-refractivity contribution in [1.82, 2.24) is 35.3 Å². The molecular formula is C20H24N8O2S. The van der Waals surface area contributed by atoms with Crippen LogP contribution in [0, 0.1) is 0 Å². The number of carbonyl (C=O) groups excluding carboxylic acids is 1. The number of nitrogens with zero attached hydrogens (tertiary/aromatic N) is 8. The molecule has 1 fully saturated rings. The number of piperazine rings is 1. The highest BCUT2D eigenvalue weighted by atomic mass is 32.2. The molecule has 0 atom stereocenters. The van der Waals surface area contributed by atoms with E-state index in [9.17, 15) is 4.79 Å². The van der Waals surface area contributed by atoms with Gasteiger partial charge in [-0.15, -0.1) is 15.3 Å². The number of hydrogen-bond acceptors (Lipinski definition) is 9. The number of amides is 1. The molecule has 0 N–H and O–H groups in total. The Morgan fingerprint density at radius 1 is 1.03 bits per heavy atom. The van der Waals surface area contributed by atoms with E-state index in [0.29, 0.717) is 30.6 Å². The van der Waals surface area contributed by atoms with E-state index in [1.54, 1.807) is 11.7 Å². The SMILES string of the molecule is CCOc1ccc(-c2ccc(N3CCN(C(=O)CSc4nnnn4C)CC3)nn2)cc1. The molecule has 11 heteroatoms. The largest absolute Gasteiger partial charge is 0.494 e. The molecule has 0 aliphatic carbocycles.